The molecule has 2 rings (SSSR count). The van der Waals surface area contributed by atoms with Crippen LogP contribution in [0.25, 0.3) is 0 Å². The first-order valence-corrected chi connectivity index (χ1v) is 7.33. The summed E-state index contributed by atoms with van der Waals surface area (Å²) in [4.78, 5) is 6.32. The second kappa shape index (κ2) is 8.90. The Kier molecular flexibility index (Phi) is 7.53. The first-order valence-electron chi connectivity index (χ1n) is 7.33. The SMILES string of the molecule is CN=C(NCCc1c(C)nn(C)c1C)N(C)Cc1ccon1.I. The van der Waals surface area contributed by atoms with E-state index in [-0.39, 0.29) is 24.0 Å². The molecule has 7 nitrogen and oxygen atoms in total. The number of halogens is 1. The molecule has 0 atom stereocenters. The summed E-state index contributed by atoms with van der Waals surface area (Å²) in [5.41, 5.74) is 4.48. The molecule has 23 heavy (non-hydrogen) atoms. The highest BCUT2D eigenvalue weighted by Gasteiger charge is 2.11. The van der Waals surface area contributed by atoms with E-state index in [2.05, 4.69) is 27.5 Å². The van der Waals surface area contributed by atoms with Crippen LogP contribution in [-0.4, -0.2) is 46.4 Å². The Morgan fingerprint density at radius 1 is 1.43 bits per heavy atom. The Labute approximate surface area is 154 Å². The predicted molar refractivity (Wildman–Crippen MR) is 101 cm³/mol. The van der Waals surface area contributed by atoms with Crippen molar-refractivity contribution in [3.8, 4) is 0 Å². The van der Waals surface area contributed by atoms with Crippen LogP contribution in [0.2, 0.25) is 0 Å². The maximum Gasteiger partial charge on any atom is 0.193 e. The highest BCUT2D eigenvalue weighted by atomic mass is 127. The zero-order valence-corrected chi connectivity index (χ0v) is 16.7. The van der Waals surface area contributed by atoms with Crippen molar-refractivity contribution in [3.05, 3.63) is 35.0 Å². The van der Waals surface area contributed by atoms with E-state index in [9.17, 15) is 0 Å². The van der Waals surface area contributed by atoms with Crippen LogP contribution in [0.3, 0.4) is 0 Å². The number of aryl methyl sites for hydroxylation is 2. The van der Waals surface area contributed by atoms with Gasteiger partial charge in [-0.2, -0.15) is 5.10 Å². The highest BCUT2D eigenvalue weighted by molar-refractivity contribution is 14.0. The maximum atomic E-state index is 4.85. The smallest absolute Gasteiger partial charge is 0.193 e. The number of nitrogens with one attached hydrogen (secondary N) is 1. The molecule has 0 unspecified atom stereocenters. The summed E-state index contributed by atoms with van der Waals surface area (Å²) >= 11 is 0. The Bertz CT molecular complexity index is 635. The lowest BCUT2D eigenvalue weighted by Gasteiger charge is -2.21. The van der Waals surface area contributed by atoms with Gasteiger partial charge in [0.15, 0.2) is 5.96 Å². The van der Waals surface area contributed by atoms with Crippen molar-refractivity contribution in [1.29, 1.82) is 0 Å². The third-order valence-corrected chi connectivity index (χ3v) is 3.78. The predicted octanol–water partition coefficient (Wildman–Crippen LogP) is 1.89. The molecule has 0 aliphatic heterocycles. The van der Waals surface area contributed by atoms with E-state index in [0.29, 0.717) is 6.54 Å². The third kappa shape index (κ3) is 4.95. The summed E-state index contributed by atoms with van der Waals surface area (Å²) in [7, 11) is 5.73. The molecular weight excluding hydrogens is 407 g/mol. The summed E-state index contributed by atoms with van der Waals surface area (Å²) in [6.07, 6.45) is 2.50. The van der Waals surface area contributed by atoms with Crippen molar-refractivity contribution in [2.24, 2.45) is 12.0 Å². The summed E-state index contributed by atoms with van der Waals surface area (Å²) < 4.78 is 6.78. The molecule has 0 amide bonds. The van der Waals surface area contributed by atoms with Crippen molar-refractivity contribution in [1.82, 2.24) is 25.2 Å². The van der Waals surface area contributed by atoms with Gasteiger partial charge in [-0.1, -0.05) is 5.16 Å². The summed E-state index contributed by atoms with van der Waals surface area (Å²) in [5, 5.41) is 11.7. The maximum absolute atomic E-state index is 4.85. The molecule has 8 heteroatoms. The minimum Gasteiger partial charge on any atom is -0.364 e. The van der Waals surface area contributed by atoms with E-state index in [1.165, 1.54) is 11.3 Å². The van der Waals surface area contributed by atoms with Gasteiger partial charge >= 0.3 is 0 Å². The average Bonchev–Trinajstić information content (AvgIpc) is 3.06. The number of hydrogen-bond acceptors (Lipinski definition) is 4. The van der Waals surface area contributed by atoms with E-state index >= 15 is 0 Å². The van der Waals surface area contributed by atoms with Crippen LogP contribution in [0.4, 0.5) is 0 Å². The Hall–Kier alpha value is -1.58. The fourth-order valence-corrected chi connectivity index (χ4v) is 2.50. The molecule has 2 heterocycles. The molecule has 0 aliphatic carbocycles. The summed E-state index contributed by atoms with van der Waals surface area (Å²) in [6.45, 7) is 5.61. The van der Waals surface area contributed by atoms with E-state index < -0.39 is 0 Å². The first-order chi connectivity index (χ1) is 10.5. The lowest BCUT2D eigenvalue weighted by molar-refractivity contribution is 0.391. The van der Waals surface area contributed by atoms with Gasteiger partial charge in [-0.25, -0.2) is 0 Å². The Morgan fingerprint density at radius 3 is 2.70 bits per heavy atom. The number of rotatable bonds is 5. The number of hydrogen-bond donors (Lipinski definition) is 1. The molecule has 0 bridgehead atoms. The van der Waals surface area contributed by atoms with Gasteiger partial charge in [0.1, 0.15) is 12.0 Å². The molecule has 0 saturated carbocycles. The largest absolute Gasteiger partial charge is 0.364 e. The van der Waals surface area contributed by atoms with E-state index in [1.54, 1.807) is 13.3 Å². The monoisotopic (exact) mass is 432 g/mol. The minimum atomic E-state index is 0. The quantitative estimate of drug-likeness (QED) is 0.444. The second-order valence-electron chi connectivity index (χ2n) is 5.34. The van der Waals surface area contributed by atoms with Crippen LogP contribution in [0.15, 0.2) is 21.8 Å². The fourth-order valence-electron chi connectivity index (χ4n) is 2.50. The molecular formula is C15H25IN6O. The summed E-state index contributed by atoms with van der Waals surface area (Å²) in [6, 6.07) is 1.85. The molecule has 0 aliphatic rings. The van der Waals surface area contributed by atoms with Crippen molar-refractivity contribution < 1.29 is 4.52 Å². The minimum absolute atomic E-state index is 0. The normalized spacial score (nSPS) is 11.3. The molecule has 0 aromatic carbocycles. The molecule has 0 spiro atoms. The van der Waals surface area contributed by atoms with Gasteiger partial charge in [0, 0.05) is 39.4 Å². The Morgan fingerprint density at radius 2 is 2.17 bits per heavy atom. The lowest BCUT2D eigenvalue weighted by Crippen LogP contribution is -2.39. The topological polar surface area (TPSA) is 71.5 Å². The van der Waals surface area contributed by atoms with E-state index in [4.69, 9.17) is 4.52 Å². The number of nitrogens with zero attached hydrogens (tertiary/aromatic N) is 5. The van der Waals surface area contributed by atoms with Crippen molar-refractivity contribution in [3.63, 3.8) is 0 Å². The van der Waals surface area contributed by atoms with Gasteiger partial charge in [0.05, 0.1) is 12.2 Å². The molecule has 2 aromatic heterocycles. The van der Waals surface area contributed by atoms with Crippen molar-refractivity contribution in [2.75, 3.05) is 20.6 Å². The lowest BCUT2D eigenvalue weighted by atomic mass is 10.1. The average molecular weight is 432 g/mol. The summed E-state index contributed by atoms with van der Waals surface area (Å²) in [5.74, 6) is 0.835. The van der Waals surface area contributed by atoms with Gasteiger partial charge in [-0.3, -0.25) is 9.67 Å². The zero-order chi connectivity index (χ0) is 16.1. The molecule has 128 valence electrons. The van der Waals surface area contributed by atoms with E-state index in [0.717, 1.165) is 30.3 Å². The second-order valence-corrected chi connectivity index (χ2v) is 5.34. The molecule has 0 radical (unpaired) electrons. The van der Waals surface area contributed by atoms with Crippen LogP contribution < -0.4 is 5.32 Å². The van der Waals surface area contributed by atoms with Gasteiger partial charge < -0.3 is 14.7 Å². The van der Waals surface area contributed by atoms with Crippen LogP contribution in [-0.2, 0) is 20.0 Å². The van der Waals surface area contributed by atoms with Gasteiger partial charge in [0.2, 0.25) is 0 Å². The zero-order valence-electron chi connectivity index (χ0n) is 14.3. The molecule has 1 N–H and O–H groups in total. The highest BCUT2D eigenvalue weighted by Crippen LogP contribution is 2.11. The molecule has 0 fully saturated rings. The van der Waals surface area contributed by atoms with Crippen LogP contribution >= 0.6 is 24.0 Å². The Balaban J connectivity index is 0.00000264. The van der Waals surface area contributed by atoms with Crippen molar-refractivity contribution in [2.45, 2.75) is 26.8 Å². The van der Waals surface area contributed by atoms with Crippen LogP contribution in [0.1, 0.15) is 22.6 Å². The third-order valence-electron chi connectivity index (χ3n) is 3.78. The van der Waals surface area contributed by atoms with Crippen LogP contribution in [0.5, 0.6) is 0 Å². The number of aromatic nitrogens is 3. The molecule has 2 aromatic rings. The van der Waals surface area contributed by atoms with E-state index in [1.807, 2.05) is 36.7 Å². The first kappa shape index (κ1) is 19.5. The van der Waals surface area contributed by atoms with Crippen LogP contribution in [0, 0.1) is 13.8 Å². The standard InChI is InChI=1S/C15H24N6O.HI/c1-11-14(12(2)21(5)18-11)6-8-17-15(16-3)20(4)10-13-7-9-22-19-13;/h7,9H,6,8,10H2,1-5H3,(H,16,17);1H. The molecule has 0 saturated heterocycles. The van der Waals surface area contributed by atoms with Gasteiger partial charge in [-0.05, 0) is 25.8 Å². The number of guanidine groups is 1. The number of aliphatic imine (C=N–C) groups is 1. The van der Waals surface area contributed by atoms with Crippen molar-refractivity contribution >= 4 is 29.9 Å². The fraction of sp³-hybridized carbons (Fsp3) is 0.533. The van der Waals surface area contributed by atoms with Gasteiger partial charge in [-0.15, -0.1) is 24.0 Å². The van der Waals surface area contributed by atoms with Gasteiger partial charge in [0.25, 0.3) is 0 Å².